The second-order valence-electron chi connectivity index (χ2n) is 3.51. The molecule has 0 bridgehead atoms. The van der Waals surface area contributed by atoms with E-state index in [2.05, 4.69) is 42.5 Å². The molecule has 0 spiro atoms. The summed E-state index contributed by atoms with van der Waals surface area (Å²) in [5.41, 5.74) is 1.92. The predicted octanol–water partition coefficient (Wildman–Crippen LogP) is 3.07. The van der Waals surface area contributed by atoms with Gasteiger partial charge in [-0.3, -0.25) is 4.79 Å². The minimum atomic E-state index is -0.000368. The standard InChI is InChI=1S/C11H14Br2N2O/c1-7-5-8(12)11(9(13)6-7)15-10(16)3-4-14-2/h5-6,14H,3-4H2,1-2H3,(H,15,16). The van der Waals surface area contributed by atoms with Crippen LogP contribution >= 0.6 is 31.9 Å². The average molecular weight is 350 g/mol. The van der Waals surface area contributed by atoms with E-state index in [-0.39, 0.29) is 5.91 Å². The molecule has 0 aliphatic carbocycles. The zero-order valence-corrected chi connectivity index (χ0v) is 12.4. The van der Waals surface area contributed by atoms with Crippen LogP contribution in [0, 0.1) is 6.92 Å². The largest absolute Gasteiger partial charge is 0.324 e. The molecule has 16 heavy (non-hydrogen) atoms. The van der Waals surface area contributed by atoms with Gasteiger partial charge in [0.15, 0.2) is 0 Å². The van der Waals surface area contributed by atoms with E-state index in [1.807, 2.05) is 26.1 Å². The number of carbonyl (C=O) groups excluding carboxylic acids is 1. The highest BCUT2D eigenvalue weighted by atomic mass is 79.9. The minimum absolute atomic E-state index is 0.000368. The predicted molar refractivity (Wildman–Crippen MR) is 73.8 cm³/mol. The topological polar surface area (TPSA) is 41.1 Å². The normalized spacial score (nSPS) is 10.2. The minimum Gasteiger partial charge on any atom is -0.324 e. The molecule has 1 amide bonds. The molecule has 0 aliphatic heterocycles. The van der Waals surface area contributed by atoms with Crippen molar-refractivity contribution < 1.29 is 4.79 Å². The van der Waals surface area contributed by atoms with Crippen molar-refractivity contribution in [2.75, 3.05) is 18.9 Å². The number of hydrogen-bond donors (Lipinski definition) is 2. The lowest BCUT2D eigenvalue weighted by molar-refractivity contribution is -0.116. The van der Waals surface area contributed by atoms with Gasteiger partial charge in [0.25, 0.3) is 0 Å². The Hall–Kier alpha value is -0.390. The van der Waals surface area contributed by atoms with Gasteiger partial charge in [-0.25, -0.2) is 0 Å². The van der Waals surface area contributed by atoms with E-state index in [0.29, 0.717) is 13.0 Å². The van der Waals surface area contributed by atoms with Crippen LogP contribution in [-0.4, -0.2) is 19.5 Å². The van der Waals surface area contributed by atoms with Gasteiger partial charge in [-0.15, -0.1) is 0 Å². The molecule has 88 valence electrons. The van der Waals surface area contributed by atoms with Gasteiger partial charge >= 0.3 is 0 Å². The lowest BCUT2D eigenvalue weighted by Crippen LogP contribution is -2.19. The maximum Gasteiger partial charge on any atom is 0.225 e. The lowest BCUT2D eigenvalue weighted by atomic mass is 10.2. The molecule has 0 atom stereocenters. The summed E-state index contributed by atoms with van der Waals surface area (Å²) in [6, 6.07) is 3.94. The van der Waals surface area contributed by atoms with Crippen molar-refractivity contribution in [3.8, 4) is 0 Å². The maximum atomic E-state index is 11.6. The van der Waals surface area contributed by atoms with Gasteiger partial charge in [-0.2, -0.15) is 0 Å². The number of anilines is 1. The fourth-order valence-electron chi connectivity index (χ4n) is 1.26. The van der Waals surface area contributed by atoms with E-state index < -0.39 is 0 Å². The Morgan fingerprint density at radius 3 is 2.38 bits per heavy atom. The number of carbonyl (C=O) groups is 1. The first-order chi connectivity index (χ1) is 7.54. The molecule has 0 radical (unpaired) electrons. The van der Waals surface area contributed by atoms with Crippen LogP contribution in [0.3, 0.4) is 0 Å². The van der Waals surface area contributed by atoms with Gasteiger partial charge < -0.3 is 10.6 Å². The summed E-state index contributed by atoms with van der Waals surface area (Å²) in [6.07, 6.45) is 0.462. The quantitative estimate of drug-likeness (QED) is 0.877. The molecule has 3 nitrogen and oxygen atoms in total. The molecule has 5 heteroatoms. The van der Waals surface area contributed by atoms with Gasteiger partial charge in [-0.1, -0.05) is 0 Å². The number of halogens is 2. The van der Waals surface area contributed by atoms with Crippen molar-refractivity contribution in [3.05, 3.63) is 26.6 Å². The smallest absolute Gasteiger partial charge is 0.225 e. The summed E-state index contributed by atoms with van der Waals surface area (Å²) in [7, 11) is 1.82. The highest BCUT2D eigenvalue weighted by Gasteiger charge is 2.09. The zero-order valence-electron chi connectivity index (χ0n) is 9.23. The highest BCUT2D eigenvalue weighted by molar-refractivity contribution is 9.11. The second kappa shape index (κ2) is 6.37. The monoisotopic (exact) mass is 348 g/mol. The van der Waals surface area contributed by atoms with Crippen molar-refractivity contribution in [1.82, 2.24) is 5.32 Å². The molecule has 1 aromatic rings. The van der Waals surface area contributed by atoms with Gasteiger partial charge in [0.2, 0.25) is 5.91 Å². The summed E-state index contributed by atoms with van der Waals surface area (Å²) in [5, 5.41) is 5.81. The maximum absolute atomic E-state index is 11.6. The Kier molecular flexibility index (Phi) is 5.44. The van der Waals surface area contributed by atoms with Gasteiger partial charge in [0.1, 0.15) is 0 Å². The first-order valence-electron chi connectivity index (χ1n) is 4.94. The molecule has 0 unspecified atom stereocenters. The molecular formula is C11H14Br2N2O. The lowest BCUT2D eigenvalue weighted by Gasteiger charge is -2.10. The summed E-state index contributed by atoms with van der Waals surface area (Å²) >= 11 is 6.87. The first kappa shape index (κ1) is 13.7. The third kappa shape index (κ3) is 3.88. The Morgan fingerprint density at radius 1 is 1.31 bits per heavy atom. The van der Waals surface area contributed by atoms with Gasteiger partial charge in [0.05, 0.1) is 5.69 Å². The van der Waals surface area contributed by atoms with E-state index >= 15 is 0 Å². The molecule has 0 fully saturated rings. The van der Waals surface area contributed by atoms with Gasteiger partial charge in [0, 0.05) is 21.9 Å². The fourth-order valence-corrected chi connectivity index (χ4v) is 2.87. The fraction of sp³-hybridized carbons (Fsp3) is 0.364. The molecule has 1 rings (SSSR count). The second-order valence-corrected chi connectivity index (χ2v) is 5.21. The van der Waals surface area contributed by atoms with E-state index in [9.17, 15) is 4.79 Å². The van der Waals surface area contributed by atoms with Crippen molar-refractivity contribution in [2.24, 2.45) is 0 Å². The number of hydrogen-bond acceptors (Lipinski definition) is 2. The number of aryl methyl sites for hydroxylation is 1. The Bertz CT molecular complexity index is 371. The summed E-state index contributed by atoms with van der Waals surface area (Å²) in [6.45, 7) is 2.68. The first-order valence-corrected chi connectivity index (χ1v) is 6.53. The van der Waals surface area contributed by atoms with Crippen LogP contribution in [0.5, 0.6) is 0 Å². The van der Waals surface area contributed by atoms with Crippen molar-refractivity contribution >= 4 is 43.5 Å². The number of nitrogens with one attached hydrogen (secondary N) is 2. The zero-order chi connectivity index (χ0) is 12.1. The molecule has 0 heterocycles. The molecule has 0 saturated carbocycles. The Balaban J connectivity index is 2.77. The number of rotatable bonds is 4. The van der Waals surface area contributed by atoms with Crippen LogP contribution in [0.15, 0.2) is 21.1 Å². The molecule has 2 N–H and O–H groups in total. The van der Waals surface area contributed by atoms with Crippen LogP contribution < -0.4 is 10.6 Å². The van der Waals surface area contributed by atoms with E-state index in [1.165, 1.54) is 0 Å². The molecule has 0 aliphatic rings. The van der Waals surface area contributed by atoms with Crippen LogP contribution in [0.1, 0.15) is 12.0 Å². The summed E-state index contributed by atoms with van der Waals surface area (Å²) in [4.78, 5) is 11.6. The molecular weight excluding hydrogens is 336 g/mol. The van der Waals surface area contributed by atoms with Crippen LogP contribution in [0.25, 0.3) is 0 Å². The Labute approximate surface area is 112 Å². The number of amides is 1. The van der Waals surface area contributed by atoms with Crippen LogP contribution in [0.2, 0.25) is 0 Å². The van der Waals surface area contributed by atoms with Gasteiger partial charge in [-0.05, 0) is 63.5 Å². The van der Waals surface area contributed by atoms with Crippen molar-refractivity contribution in [2.45, 2.75) is 13.3 Å². The van der Waals surface area contributed by atoms with E-state index in [1.54, 1.807) is 0 Å². The third-order valence-corrected chi connectivity index (χ3v) is 3.30. The Morgan fingerprint density at radius 2 is 1.88 bits per heavy atom. The SMILES string of the molecule is CNCCC(=O)Nc1c(Br)cc(C)cc1Br. The highest BCUT2D eigenvalue weighted by Crippen LogP contribution is 2.32. The third-order valence-electron chi connectivity index (χ3n) is 2.05. The van der Waals surface area contributed by atoms with Crippen molar-refractivity contribution in [3.63, 3.8) is 0 Å². The van der Waals surface area contributed by atoms with E-state index in [4.69, 9.17) is 0 Å². The van der Waals surface area contributed by atoms with Crippen LogP contribution in [-0.2, 0) is 4.79 Å². The summed E-state index contributed by atoms with van der Waals surface area (Å²) in [5.74, 6) is -0.000368. The van der Waals surface area contributed by atoms with Crippen molar-refractivity contribution in [1.29, 1.82) is 0 Å². The van der Waals surface area contributed by atoms with Crippen LogP contribution in [0.4, 0.5) is 5.69 Å². The van der Waals surface area contributed by atoms with E-state index in [0.717, 1.165) is 20.2 Å². The number of benzene rings is 1. The average Bonchev–Trinajstić information content (AvgIpc) is 2.20. The molecule has 0 aromatic heterocycles. The molecule has 0 saturated heterocycles. The molecule has 1 aromatic carbocycles. The summed E-state index contributed by atoms with van der Waals surface area (Å²) < 4.78 is 1.77.